The number of nitrogens with zero attached hydrogens (tertiary/aromatic N) is 1. The van der Waals surface area contributed by atoms with Gasteiger partial charge in [0.2, 0.25) is 0 Å². The molecule has 1 aliphatic heterocycles. The van der Waals surface area contributed by atoms with E-state index >= 15 is 0 Å². The van der Waals surface area contributed by atoms with Crippen LogP contribution in [0.5, 0.6) is 0 Å². The molecule has 1 aromatic rings. The molecule has 1 N–H and O–H groups in total. The minimum atomic E-state index is -3.45. The molecule has 5 nitrogen and oxygen atoms in total. The summed E-state index contributed by atoms with van der Waals surface area (Å²) in [7, 11) is -3.45. The zero-order valence-corrected chi connectivity index (χ0v) is 13.9. The lowest BCUT2D eigenvalue weighted by Crippen LogP contribution is -2.49. The molecular formula is C15H21ClN2O3S. The molecule has 2 fully saturated rings. The monoisotopic (exact) mass is 344 g/mol. The van der Waals surface area contributed by atoms with Gasteiger partial charge in [-0.2, -0.15) is 17.4 Å². The van der Waals surface area contributed by atoms with Crippen molar-refractivity contribution in [1.29, 1.82) is 0 Å². The van der Waals surface area contributed by atoms with E-state index in [1.165, 1.54) is 4.31 Å². The maximum atomic E-state index is 12.5. The molecule has 1 aliphatic carbocycles. The number of nitrogens with one attached hydrogen (secondary N) is 1. The fraction of sp³-hybridized carbons (Fsp3) is 0.600. The molecule has 1 heterocycles. The van der Waals surface area contributed by atoms with Crippen LogP contribution in [0.2, 0.25) is 5.02 Å². The first-order valence-corrected chi connectivity index (χ1v) is 9.51. The number of hydrogen-bond donors (Lipinski definition) is 1. The molecule has 1 unspecified atom stereocenters. The zero-order chi connectivity index (χ0) is 15.6. The lowest BCUT2D eigenvalue weighted by atomic mass is 10.1. The summed E-state index contributed by atoms with van der Waals surface area (Å²) < 4.78 is 35.1. The Morgan fingerprint density at radius 1 is 1.27 bits per heavy atom. The predicted octanol–water partition coefficient (Wildman–Crippen LogP) is 2.49. The fourth-order valence-corrected chi connectivity index (χ4v) is 4.73. The number of rotatable bonds is 4. The minimum Gasteiger partial charge on any atom is -0.371 e. The first-order chi connectivity index (χ1) is 10.5. The number of morpholine rings is 1. The van der Waals surface area contributed by atoms with E-state index in [-0.39, 0.29) is 12.1 Å². The Hall–Kier alpha value is -0.660. The average Bonchev–Trinajstić information content (AvgIpc) is 3.00. The Labute approximate surface area is 136 Å². The highest BCUT2D eigenvalue weighted by molar-refractivity contribution is 7.87. The third-order valence-electron chi connectivity index (χ3n) is 4.26. The Morgan fingerprint density at radius 2 is 2.05 bits per heavy atom. The van der Waals surface area contributed by atoms with Crippen molar-refractivity contribution in [3.05, 3.63) is 34.9 Å². The van der Waals surface area contributed by atoms with E-state index < -0.39 is 10.2 Å². The molecular weight excluding hydrogens is 324 g/mol. The lowest BCUT2D eigenvalue weighted by molar-refractivity contribution is -0.00301. The molecule has 22 heavy (non-hydrogen) atoms. The molecule has 0 radical (unpaired) electrons. The SMILES string of the molecule is O=S(=O)(NC1CCCC1)N1CCOC(c2cccc(Cl)c2)C1. The number of benzene rings is 1. The maximum Gasteiger partial charge on any atom is 0.279 e. The third kappa shape index (κ3) is 3.81. The second-order valence-electron chi connectivity index (χ2n) is 5.88. The number of ether oxygens (including phenoxy) is 1. The molecule has 1 aromatic carbocycles. The summed E-state index contributed by atoms with van der Waals surface area (Å²) in [6.07, 6.45) is 3.79. The highest BCUT2D eigenvalue weighted by Gasteiger charge is 2.32. The van der Waals surface area contributed by atoms with Gasteiger partial charge in [-0.15, -0.1) is 0 Å². The number of hydrogen-bond acceptors (Lipinski definition) is 3. The van der Waals surface area contributed by atoms with Crippen LogP contribution >= 0.6 is 11.6 Å². The van der Waals surface area contributed by atoms with Crippen molar-refractivity contribution in [2.24, 2.45) is 0 Å². The first-order valence-electron chi connectivity index (χ1n) is 7.69. The summed E-state index contributed by atoms with van der Waals surface area (Å²) in [6.45, 7) is 1.10. The van der Waals surface area contributed by atoms with E-state index in [1.807, 2.05) is 18.2 Å². The quantitative estimate of drug-likeness (QED) is 0.913. The van der Waals surface area contributed by atoms with Gasteiger partial charge in [-0.1, -0.05) is 36.6 Å². The molecule has 1 saturated heterocycles. The van der Waals surface area contributed by atoms with Crippen molar-refractivity contribution in [2.45, 2.75) is 37.8 Å². The zero-order valence-electron chi connectivity index (χ0n) is 12.4. The molecule has 3 rings (SSSR count). The van der Waals surface area contributed by atoms with Crippen molar-refractivity contribution < 1.29 is 13.2 Å². The standard InChI is InChI=1S/C15H21ClN2O3S/c16-13-5-3-4-12(10-13)15-11-18(8-9-21-15)22(19,20)17-14-6-1-2-7-14/h3-5,10,14-15,17H,1-2,6-9,11H2. The van der Waals surface area contributed by atoms with Crippen molar-refractivity contribution >= 4 is 21.8 Å². The molecule has 1 atom stereocenters. The predicted molar refractivity (Wildman–Crippen MR) is 86.0 cm³/mol. The van der Waals surface area contributed by atoms with Crippen LogP contribution in [-0.4, -0.2) is 38.5 Å². The van der Waals surface area contributed by atoms with E-state index in [0.29, 0.717) is 24.7 Å². The van der Waals surface area contributed by atoms with Gasteiger partial charge >= 0.3 is 0 Å². The fourth-order valence-electron chi connectivity index (χ4n) is 3.08. The topological polar surface area (TPSA) is 58.6 Å². The smallest absolute Gasteiger partial charge is 0.279 e. The number of halogens is 1. The van der Waals surface area contributed by atoms with Gasteiger partial charge in [0, 0.05) is 24.2 Å². The second-order valence-corrected chi connectivity index (χ2v) is 8.02. The van der Waals surface area contributed by atoms with Gasteiger partial charge in [0.1, 0.15) is 0 Å². The van der Waals surface area contributed by atoms with Gasteiger partial charge in [0.25, 0.3) is 10.2 Å². The van der Waals surface area contributed by atoms with Crippen LogP contribution < -0.4 is 4.72 Å². The summed E-state index contributed by atoms with van der Waals surface area (Å²) in [5.41, 5.74) is 0.910. The maximum absolute atomic E-state index is 12.5. The average molecular weight is 345 g/mol. The van der Waals surface area contributed by atoms with Gasteiger partial charge < -0.3 is 4.74 Å². The Bertz CT molecular complexity index is 617. The first kappa shape index (κ1) is 16.2. The highest BCUT2D eigenvalue weighted by atomic mass is 35.5. The van der Waals surface area contributed by atoms with E-state index in [1.54, 1.807) is 6.07 Å². The molecule has 2 aliphatic rings. The minimum absolute atomic E-state index is 0.0810. The van der Waals surface area contributed by atoms with Gasteiger partial charge in [0.05, 0.1) is 12.7 Å². The van der Waals surface area contributed by atoms with E-state index in [0.717, 1.165) is 31.2 Å². The summed E-state index contributed by atoms with van der Waals surface area (Å²) in [5, 5.41) is 0.630. The van der Waals surface area contributed by atoms with Crippen LogP contribution in [0.15, 0.2) is 24.3 Å². The van der Waals surface area contributed by atoms with Crippen LogP contribution in [-0.2, 0) is 14.9 Å². The normalized spacial score (nSPS) is 24.7. The van der Waals surface area contributed by atoms with Crippen LogP contribution in [0.25, 0.3) is 0 Å². The Kier molecular flexibility index (Phi) is 5.04. The van der Waals surface area contributed by atoms with Gasteiger partial charge in [-0.3, -0.25) is 0 Å². The van der Waals surface area contributed by atoms with Crippen LogP contribution in [0, 0.1) is 0 Å². The lowest BCUT2D eigenvalue weighted by Gasteiger charge is -2.33. The van der Waals surface area contributed by atoms with E-state index in [9.17, 15) is 8.42 Å². The summed E-state index contributed by atoms with van der Waals surface area (Å²) in [4.78, 5) is 0. The largest absolute Gasteiger partial charge is 0.371 e. The molecule has 0 bridgehead atoms. The Balaban J connectivity index is 1.69. The van der Waals surface area contributed by atoms with Crippen molar-refractivity contribution in [1.82, 2.24) is 9.03 Å². The molecule has 7 heteroatoms. The summed E-state index contributed by atoms with van der Waals surface area (Å²) >= 11 is 6.00. The molecule has 1 saturated carbocycles. The highest BCUT2D eigenvalue weighted by Crippen LogP contribution is 2.26. The van der Waals surface area contributed by atoms with Crippen LogP contribution in [0.1, 0.15) is 37.4 Å². The second kappa shape index (κ2) is 6.84. The van der Waals surface area contributed by atoms with Gasteiger partial charge in [0.15, 0.2) is 0 Å². The summed E-state index contributed by atoms with van der Waals surface area (Å²) in [5.74, 6) is 0. The third-order valence-corrected chi connectivity index (χ3v) is 6.14. The van der Waals surface area contributed by atoms with Crippen LogP contribution in [0.3, 0.4) is 0 Å². The summed E-state index contributed by atoms with van der Waals surface area (Å²) in [6, 6.07) is 7.47. The van der Waals surface area contributed by atoms with E-state index in [4.69, 9.17) is 16.3 Å². The van der Waals surface area contributed by atoms with Crippen LogP contribution in [0.4, 0.5) is 0 Å². The van der Waals surface area contributed by atoms with Gasteiger partial charge in [-0.25, -0.2) is 0 Å². The molecule has 0 spiro atoms. The van der Waals surface area contributed by atoms with Gasteiger partial charge in [-0.05, 0) is 30.5 Å². The molecule has 0 amide bonds. The molecule has 0 aromatic heterocycles. The Morgan fingerprint density at radius 3 is 2.77 bits per heavy atom. The van der Waals surface area contributed by atoms with Crippen molar-refractivity contribution in [3.63, 3.8) is 0 Å². The molecule has 122 valence electrons. The van der Waals surface area contributed by atoms with Crippen molar-refractivity contribution in [2.75, 3.05) is 19.7 Å². The van der Waals surface area contributed by atoms with Crippen molar-refractivity contribution in [3.8, 4) is 0 Å². The van der Waals surface area contributed by atoms with E-state index in [2.05, 4.69) is 4.72 Å².